The van der Waals surface area contributed by atoms with Crippen LogP contribution >= 0.6 is 0 Å². The number of carbonyl (C=O) groups is 1. The number of fused-ring (bicyclic) bond motifs is 1. The number of carbonyl (C=O) groups excluding carboxylic acids is 1. The molecule has 2 atom stereocenters. The maximum atomic E-state index is 12.4. The molecule has 1 heterocycles. The quantitative estimate of drug-likeness (QED) is 0.648. The van der Waals surface area contributed by atoms with Crippen LogP contribution in [0.4, 0.5) is 0 Å². The predicted molar refractivity (Wildman–Crippen MR) is 107 cm³/mol. The SMILES string of the molecule is COc1ccc2cc([C@H](C)C(=O)OCCS(=O)CC3(C)COC3)ccc2c1. The molecular weight excluding hydrogens is 364 g/mol. The molecule has 0 radical (unpaired) electrons. The number of hydrogen-bond acceptors (Lipinski definition) is 5. The first-order valence-corrected chi connectivity index (χ1v) is 10.6. The van der Waals surface area contributed by atoms with E-state index in [-0.39, 0.29) is 23.9 Å². The number of esters is 1. The van der Waals surface area contributed by atoms with Crippen LogP contribution in [-0.4, -0.2) is 48.6 Å². The maximum Gasteiger partial charge on any atom is 0.313 e. The van der Waals surface area contributed by atoms with Crippen LogP contribution in [0.3, 0.4) is 0 Å². The fourth-order valence-corrected chi connectivity index (χ4v) is 4.49. The zero-order chi connectivity index (χ0) is 19.4. The van der Waals surface area contributed by atoms with Gasteiger partial charge in [-0.1, -0.05) is 31.2 Å². The third-order valence-corrected chi connectivity index (χ3v) is 6.53. The summed E-state index contributed by atoms with van der Waals surface area (Å²) in [5.41, 5.74) is 0.911. The van der Waals surface area contributed by atoms with Crippen LogP contribution in [0.2, 0.25) is 0 Å². The van der Waals surface area contributed by atoms with E-state index in [2.05, 4.69) is 6.92 Å². The second-order valence-corrected chi connectivity index (χ2v) is 9.03. The summed E-state index contributed by atoms with van der Waals surface area (Å²) in [6, 6.07) is 11.7. The largest absolute Gasteiger partial charge is 0.497 e. The third kappa shape index (κ3) is 4.87. The molecule has 3 rings (SSSR count). The highest BCUT2D eigenvalue weighted by Gasteiger charge is 2.35. The van der Waals surface area contributed by atoms with Crippen molar-refractivity contribution in [2.75, 3.05) is 38.4 Å². The van der Waals surface area contributed by atoms with E-state index >= 15 is 0 Å². The summed E-state index contributed by atoms with van der Waals surface area (Å²) in [5, 5.41) is 2.10. The van der Waals surface area contributed by atoms with Gasteiger partial charge in [-0.3, -0.25) is 9.00 Å². The Bertz CT molecular complexity index is 844. The number of ether oxygens (including phenoxy) is 3. The van der Waals surface area contributed by atoms with Crippen molar-refractivity contribution in [3.05, 3.63) is 42.0 Å². The fourth-order valence-electron chi connectivity index (χ4n) is 3.13. The second kappa shape index (κ2) is 8.40. The van der Waals surface area contributed by atoms with Gasteiger partial charge in [0.1, 0.15) is 12.4 Å². The Kier molecular flexibility index (Phi) is 6.17. The summed E-state index contributed by atoms with van der Waals surface area (Å²) in [4.78, 5) is 12.4. The van der Waals surface area contributed by atoms with Crippen molar-refractivity contribution in [1.29, 1.82) is 0 Å². The van der Waals surface area contributed by atoms with Crippen LogP contribution in [0.1, 0.15) is 25.3 Å². The van der Waals surface area contributed by atoms with Gasteiger partial charge >= 0.3 is 5.97 Å². The molecule has 0 spiro atoms. The first-order valence-electron chi connectivity index (χ1n) is 9.07. The lowest BCUT2D eigenvalue weighted by Gasteiger charge is -2.37. The van der Waals surface area contributed by atoms with Crippen LogP contribution in [0.15, 0.2) is 36.4 Å². The topological polar surface area (TPSA) is 61.8 Å². The molecule has 2 aromatic rings. The Labute approximate surface area is 162 Å². The van der Waals surface area contributed by atoms with Crippen molar-refractivity contribution in [2.24, 2.45) is 5.41 Å². The summed E-state index contributed by atoms with van der Waals surface area (Å²) in [7, 11) is 0.637. The summed E-state index contributed by atoms with van der Waals surface area (Å²) in [6.07, 6.45) is 0. The first-order chi connectivity index (χ1) is 12.9. The van der Waals surface area contributed by atoms with Crippen LogP contribution in [0, 0.1) is 5.41 Å². The molecule has 1 saturated heterocycles. The van der Waals surface area contributed by atoms with Gasteiger partial charge in [0.2, 0.25) is 0 Å². The minimum absolute atomic E-state index is 0.00986. The standard InChI is InChI=1S/C21H26O5S/c1-15(16-4-5-18-11-19(24-3)7-6-17(18)10-16)20(22)26-8-9-27(23)14-21(2)12-25-13-21/h4-7,10-11,15H,8-9,12-14H2,1-3H3/t15-,27?/m0/s1. The number of rotatable bonds is 8. The Morgan fingerprint density at radius 3 is 2.59 bits per heavy atom. The van der Waals surface area contributed by atoms with E-state index in [1.165, 1.54) is 0 Å². The van der Waals surface area contributed by atoms with Crippen LogP contribution in [0.25, 0.3) is 10.8 Å². The van der Waals surface area contributed by atoms with E-state index < -0.39 is 10.8 Å². The normalized spacial score (nSPS) is 17.7. The monoisotopic (exact) mass is 390 g/mol. The van der Waals surface area contributed by atoms with Crippen molar-refractivity contribution in [3.8, 4) is 5.75 Å². The highest BCUT2D eigenvalue weighted by atomic mass is 32.2. The minimum atomic E-state index is -1.00. The molecule has 0 aliphatic carbocycles. The van der Waals surface area contributed by atoms with E-state index in [0.29, 0.717) is 24.7 Å². The lowest BCUT2D eigenvalue weighted by atomic mass is 9.92. The maximum absolute atomic E-state index is 12.4. The molecule has 0 aromatic heterocycles. The van der Waals surface area contributed by atoms with Gasteiger partial charge in [-0.05, 0) is 35.4 Å². The molecular formula is C21H26O5S. The van der Waals surface area contributed by atoms with E-state index in [9.17, 15) is 9.00 Å². The second-order valence-electron chi connectivity index (χ2n) is 7.45. The van der Waals surface area contributed by atoms with E-state index in [1.807, 2.05) is 43.3 Å². The molecule has 2 aromatic carbocycles. The van der Waals surface area contributed by atoms with Gasteiger partial charge in [0.05, 0.1) is 32.0 Å². The zero-order valence-electron chi connectivity index (χ0n) is 16.0. The summed E-state index contributed by atoms with van der Waals surface area (Å²) in [6.45, 7) is 5.39. The van der Waals surface area contributed by atoms with Crippen LogP contribution < -0.4 is 4.74 Å². The molecule has 0 amide bonds. The molecule has 1 aliphatic heterocycles. The smallest absolute Gasteiger partial charge is 0.313 e. The van der Waals surface area contributed by atoms with E-state index in [1.54, 1.807) is 7.11 Å². The summed E-state index contributed by atoms with van der Waals surface area (Å²) >= 11 is 0. The molecule has 5 nitrogen and oxygen atoms in total. The van der Waals surface area contributed by atoms with Crippen molar-refractivity contribution in [2.45, 2.75) is 19.8 Å². The van der Waals surface area contributed by atoms with Gasteiger partial charge in [0.25, 0.3) is 0 Å². The van der Waals surface area contributed by atoms with Gasteiger partial charge in [-0.25, -0.2) is 0 Å². The Morgan fingerprint density at radius 1 is 1.22 bits per heavy atom. The van der Waals surface area contributed by atoms with Gasteiger partial charge in [0.15, 0.2) is 0 Å². The molecule has 146 valence electrons. The van der Waals surface area contributed by atoms with Crippen LogP contribution in [0.5, 0.6) is 5.75 Å². The Balaban J connectivity index is 1.53. The molecule has 27 heavy (non-hydrogen) atoms. The first kappa shape index (κ1) is 19.8. The summed E-state index contributed by atoms with van der Waals surface area (Å²) in [5.74, 6) is 1.10. The molecule has 1 unspecified atom stereocenters. The van der Waals surface area contributed by atoms with Crippen molar-refractivity contribution < 1.29 is 23.2 Å². The lowest BCUT2D eigenvalue weighted by molar-refractivity contribution is -0.144. The van der Waals surface area contributed by atoms with Crippen molar-refractivity contribution in [1.82, 2.24) is 0 Å². The molecule has 6 heteroatoms. The van der Waals surface area contributed by atoms with Crippen molar-refractivity contribution >= 4 is 27.5 Å². The van der Waals surface area contributed by atoms with Crippen LogP contribution in [-0.2, 0) is 25.1 Å². The average molecular weight is 391 g/mol. The number of hydrogen-bond donors (Lipinski definition) is 0. The molecule has 1 aliphatic rings. The molecule has 0 N–H and O–H groups in total. The fraction of sp³-hybridized carbons (Fsp3) is 0.476. The minimum Gasteiger partial charge on any atom is -0.497 e. The third-order valence-electron chi connectivity index (χ3n) is 4.89. The lowest BCUT2D eigenvalue weighted by Crippen LogP contribution is -2.44. The van der Waals surface area contributed by atoms with Crippen molar-refractivity contribution in [3.63, 3.8) is 0 Å². The van der Waals surface area contributed by atoms with Gasteiger partial charge in [-0.2, -0.15) is 0 Å². The number of benzene rings is 2. The van der Waals surface area contributed by atoms with Gasteiger partial charge < -0.3 is 14.2 Å². The Morgan fingerprint density at radius 2 is 1.93 bits per heavy atom. The number of methoxy groups -OCH3 is 1. The molecule has 1 fully saturated rings. The average Bonchev–Trinajstić information content (AvgIpc) is 2.65. The Hall–Kier alpha value is -1.92. The van der Waals surface area contributed by atoms with E-state index in [0.717, 1.165) is 22.1 Å². The van der Waals surface area contributed by atoms with E-state index in [4.69, 9.17) is 14.2 Å². The predicted octanol–water partition coefficient (Wildman–Crippen LogP) is 3.28. The zero-order valence-corrected chi connectivity index (χ0v) is 16.8. The summed E-state index contributed by atoms with van der Waals surface area (Å²) < 4.78 is 27.9. The molecule has 0 saturated carbocycles. The highest BCUT2D eigenvalue weighted by molar-refractivity contribution is 7.85. The highest BCUT2D eigenvalue weighted by Crippen LogP contribution is 2.28. The van der Waals surface area contributed by atoms with Gasteiger partial charge in [0, 0.05) is 22.0 Å². The van der Waals surface area contributed by atoms with Gasteiger partial charge in [-0.15, -0.1) is 0 Å². The molecule has 0 bridgehead atoms.